The van der Waals surface area contributed by atoms with Crippen molar-refractivity contribution in [2.75, 3.05) is 11.1 Å². The standard InChI is InChI=1S/C12H14BrF3O2S/c13-8-2-1-3-9-19(17,18)11-6-4-10(5-7-11)12(14,15)16/h4-7H,1-3,8-9H2. The Hall–Kier alpha value is -0.560. The monoisotopic (exact) mass is 358 g/mol. The third kappa shape index (κ3) is 5.14. The van der Waals surface area contributed by atoms with Crippen LogP contribution in [0.3, 0.4) is 0 Å². The first-order chi connectivity index (χ1) is 8.77. The molecule has 0 spiro atoms. The Morgan fingerprint density at radius 2 is 1.58 bits per heavy atom. The molecule has 2 nitrogen and oxygen atoms in total. The molecule has 1 rings (SSSR count). The van der Waals surface area contributed by atoms with Crippen LogP contribution in [0, 0.1) is 0 Å². The quantitative estimate of drug-likeness (QED) is 0.567. The Labute approximate surface area is 119 Å². The zero-order valence-corrected chi connectivity index (χ0v) is 12.5. The number of benzene rings is 1. The van der Waals surface area contributed by atoms with E-state index in [1.807, 2.05) is 0 Å². The summed E-state index contributed by atoms with van der Waals surface area (Å²) in [7, 11) is -3.49. The Kier molecular flexibility index (Phi) is 5.85. The summed E-state index contributed by atoms with van der Waals surface area (Å²) in [4.78, 5) is -0.0562. The van der Waals surface area contributed by atoms with E-state index in [4.69, 9.17) is 0 Å². The largest absolute Gasteiger partial charge is 0.416 e. The normalized spacial score (nSPS) is 12.6. The average molecular weight is 359 g/mol. The van der Waals surface area contributed by atoms with Gasteiger partial charge in [0.1, 0.15) is 0 Å². The van der Waals surface area contributed by atoms with Gasteiger partial charge in [0.2, 0.25) is 0 Å². The molecule has 0 aliphatic carbocycles. The van der Waals surface area contributed by atoms with Crippen LogP contribution >= 0.6 is 15.9 Å². The van der Waals surface area contributed by atoms with Crippen molar-refractivity contribution in [2.24, 2.45) is 0 Å². The molecule has 0 bridgehead atoms. The molecule has 0 radical (unpaired) electrons. The molecule has 0 aromatic heterocycles. The van der Waals surface area contributed by atoms with Crippen LogP contribution in [0.1, 0.15) is 24.8 Å². The molecule has 0 saturated heterocycles. The zero-order chi connectivity index (χ0) is 14.5. The van der Waals surface area contributed by atoms with Gasteiger partial charge in [-0.1, -0.05) is 22.4 Å². The number of halogens is 4. The molecule has 1 aromatic rings. The molecule has 0 aliphatic heterocycles. The minimum atomic E-state index is -4.45. The zero-order valence-electron chi connectivity index (χ0n) is 10.1. The molecule has 0 fully saturated rings. The van der Waals surface area contributed by atoms with Crippen molar-refractivity contribution >= 4 is 25.8 Å². The van der Waals surface area contributed by atoms with Crippen molar-refractivity contribution in [3.8, 4) is 0 Å². The van der Waals surface area contributed by atoms with Crippen LogP contribution in [0.5, 0.6) is 0 Å². The van der Waals surface area contributed by atoms with Gasteiger partial charge in [0.15, 0.2) is 9.84 Å². The highest BCUT2D eigenvalue weighted by Crippen LogP contribution is 2.29. The number of hydrogen-bond donors (Lipinski definition) is 0. The average Bonchev–Trinajstić information content (AvgIpc) is 2.34. The van der Waals surface area contributed by atoms with Crippen LogP contribution < -0.4 is 0 Å². The number of sulfone groups is 1. The summed E-state index contributed by atoms with van der Waals surface area (Å²) >= 11 is 3.25. The van der Waals surface area contributed by atoms with Crippen LogP contribution in [0.25, 0.3) is 0 Å². The van der Waals surface area contributed by atoms with Gasteiger partial charge in [0.05, 0.1) is 16.2 Å². The Morgan fingerprint density at radius 3 is 2.05 bits per heavy atom. The van der Waals surface area contributed by atoms with Crippen molar-refractivity contribution in [1.29, 1.82) is 0 Å². The second-order valence-electron chi connectivity index (χ2n) is 4.09. The number of hydrogen-bond acceptors (Lipinski definition) is 2. The van der Waals surface area contributed by atoms with Gasteiger partial charge in [-0.05, 0) is 37.1 Å². The molecule has 108 valence electrons. The number of unbranched alkanes of at least 4 members (excludes halogenated alkanes) is 2. The third-order valence-corrected chi connectivity index (χ3v) is 4.96. The van der Waals surface area contributed by atoms with Gasteiger partial charge in [0, 0.05) is 5.33 Å². The lowest BCUT2D eigenvalue weighted by Gasteiger charge is -2.08. The molecular formula is C12H14BrF3O2S. The van der Waals surface area contributed by atoms with Gasteiger partial charge in [-0.15, -0.1) is 0 Å². The predicted octanol–water partition coefficient (Wildman–Crippen LogP) is 4.04. The van der Waals surface area contributed by atoms with Crippen molar-refractivity contribution in [2.45, 2.75) is 30.3 Å². The summed E-state index contributed by atoms with van der Waals surface area (Å²) < 4.78 is 60.8. The summed E-state index contributed by atoms with van der Waals surface area (Å²) in [5.41, 5.74) is -0.842. The first-order valence-electron chi connectivity index (χ1n) is 5.73. The number of alkyl halides is 4. The van der Waals surface area contributed by atoms with E-state index in [1.165, 1.54) is 0 Å². The Balaban J connectivity index is 2.74. The molecular weight excluding hydrogens is 345 g/mol. The van der Waals surface area contributed by atoms with Crippen LogP contribution in [-0.4, -0.2) is 19.5 Å². The molecule has 0 aliphatic rings. The van der Waals surface area contributed by atoms with Crippen LogP contribution in [0.4, 0.5) is 13.2 Å². The highest BCUT2D eigenvalue weighted by molar-refractivity contribution is 9.09. The maximum absolute atomic E-state index is 12.3. The summed E-state index contributed by atoms with van der Waals surface area (Å²) in [6.45, 7) is 0. The Morgan fingerprint density at radius 1 is 1.00 bits per heavy atom. The van der Waals surface area contributed by atoms with Crippen molar-refractivity contribution < 1.29 is 21.6 Å². The molecule has 0 unspecified atom stereocenters. The van der Waals surface area contributed by atoms with E-state index in [1.54, 1.807) is 0 Å². The SMILES string of the molecule is O=S(=O)(CCCCCBr)c1ccc(C(F)(F)F)cc1. The van der Waals surface area contributed by atoms with E-state index in [-0.39, 0.29) is 10.6 Å². The second kappa shape index (κ2) is 6.74. The van der Waals surface area contributed by atoms with Gasteiger partial charge < -0.3 is 0 Å². The van der Waals surface area contributed by atoms with Crippen LogP contribution in [0.15, 0.2) is 29.2 Å². The maximum atomic E-state index is 12.3. The first-order valence-corrected chi connectivity index (χ1v) is 8.51. The molecule has 1 aromatic carbocycles. The fourth-order valence-electron chi connectivity index (χ4n) is 1.53. The van der Waals surface area contributed by atoms with Gasteiger partial charge in [-0.25, -0.2) is 8.42 Å². The van der Waals surface area contributed by atoms with E-state index in [2.05, 4.69) is 15.9 Å². The highest BCUT2D eigenvalue weighted by atomic mass is 79.9. The highest BCUT2D eigenvalue weighted by Gasteiger charge is 2.30. The summed E-state index contributed by atoms with van der Waals surface area (Å²) in [6.07, 6.45) is -2.29. The van der Waals surface area contributed by atoms with Crippen molar-refractivity contribution in [3.05, 3.63) is 29.8 Å². The number of rotatable bonds is 6. The molecule has 0 atom stereocenters. The van der Waals surface area contributed by atoms with Crippen LogP contribution in [-0.2, 0) is 16.0 Å². The maximum Gasteiger partial charge on any atom is 0.416 e. The van der Waals surface area contributed by atoms with E-state index in [9.17, 15) is 21.6 Å². The summed E-state index contributed by atoms with van der Waals surface area (Å²) in [6, 6.07) is 3.63. The van der Waals surface area contributed by atoms with E-state index < -0.39 is 21.6 Å². The minimum absolute atomic E-state index is 0.0363. The van der Waals surface area contributed by atoms with E-state index in [0.29, 0.717) is 6.42 Å². The fraction of sp³-hybridized carbons (Fsp3) is 0.500. The fourth-order valence-corrected chi connectivity index (χ4v) is 3.30. The lowest BCUT2D eigenvalue weighted by atomic mass is 10.2. The molecule has 7 heteroatoms. The van der Waals surface area contributed by atoms with E-state index in [0.717, 1.165) is 42.4 Å². The van der Waals surface area contributed by atoms with Gasteiger partial charge in [-0.2, -0.15) is 13.2 Å². The second-order valence-corrected chi connectivity index (χ2v) is 6.99. The minimum Gasteiger partial charge on any atom is -0.224 e. The molecule has 0 saturated carbocycles. The predicted molar refractivity (Wildman–Crippen MR) is 71.1 cm³/mol. The van der Waals surface area contributed by atoms with Crippen molar-refractivity contribution in [1.82, 2.24) is 0 Å². The van der Waals surface area contributed by atoms with Crippen LogP contribution in [0.2, 0.25) is 0 Å². The smallest absolute Gasteiger partial charge is 0.224 e. The van der Waals surface area contributed by atoms with E-state index >= 15 is 0 Å². The molecule has 0 heterocycles. The van der Waals surface area contributed by atoms with Gasteiger partial charge >= 0.3 is 6.18 Å². The van der Waals surface area contributed by atoms with Gasteiger partial charge in [-0.3, -0.25) is 0 Å². The first kappa shape index (κ1) is 16.5. The Bertz CT molecular complexity index is 495. The third-order valence-electron chi connectivity index (χ3n) is 2.59. The topological polar surface area (TPSA) is 34.1 Å². The lowest BCUT2D eigenvalue weighted by Crippen LogP contribution is -2.09. The summed E-state index contributed by atoms with van der Waals surface area (Å²) in [5.74, 6) is -0.0363. The van der Waals surface area contributed by atoms with Gasteiger partial charge in [0.25, 0.3) is 0 Å². The lowest BCUT2D eigenvalue weighted by molar-refractivity contribution is -0.137. The molecule has 0 amide bonds. The molecule has 0 N–H and O–H groups in total. The van der Waals surface area contributed by atoms with Crippen molar-refractivity contribution in [3.63, 3.8) is 0 Å². The summed E-state index contributed by atoms with van der Waals surface area (Å²) in [5, 5.41) is 0.813. The molecule has 19 heavy (non-hydrogen) atoms.